The molecule has 0 unspecified atom stereocenters. The Bertz CT molecular complexity index is 330. The maximum Gasteiger partial charge on any atom is 0.302 e. The van der Waals surface area contributed by atoms with Crippen molar-refractivity contribution >= 4 is 11.8 Å². The molecule has 3 nitrogen and oxygen atoms in total. The summed E-state index contributed by atoms with van der Waals surface area (Å²) in [6, 6.07) is 9.11. The number of hydrogen-bond donors (Lipinski definition) is 0. The van der Waals surface area contributed by atoms with E-state index < -0.39 is 0 Å². The lowest BCUT2D eigenvalue weighted by atomic mass is 10.1. The molecule has 3 heteroatoms. The first-order valence-electron chi connectivity index (χ1n) is 4.92. The van der Waals surface area contributed by atoms with Crippen molar-refractivity contribution in [3.8, 4) is 0 Å². The van der Waals surface area contributed by atoms with Crippen LogP contribution in [0.4, 0.5) is 0 Å². The molecule has 0 atom stereocenters. The van der Waals surface area contributed by atoms with Crippen molar-refractivity contribution in [2.45, 2.75) is 19.8 Å². The van der Waals surface area contributed by atoms with E-state index in [0.717, 1.165) is 0 Å². The fraction of sp³-hybridized carbons (Fsp3) is 0.333. The molecule has 1 aromatic carbocycles. The van der Waals surface area contributed by atoms with Crippen LogP contribution in [0.1, 0.15) is 30.1 Å². The van der Waals surface area contributed by atoms with Crippen LogP contribution in [-0.4, -0.2) is 18.4 Å². The number of carbonyl (C=O) groups is 2. The molecule has 0 aromatic heterocycles. The lowest BCUT2D eigenvalue weighted by molar-refractivity contribution is -0.141. The minimum atomic E-state index is -0.304. The van der Waals surface area contributed by atoms with Crippen molar-refractivity contribution in [3.63, 3.8) is 0 Å². The monoisotopic (exact) mass is 206 g/mol. The summed E-state index contributed by atoms with van der Waals surface area (Å²) in [5, 5.41) is 0. The third kappa shape index (κ3) is 4.40. The van der Waals surface area contributed by atoms with Crippen molar-refractivity contribution < 1.29 is 14.3 Å². The van der Waals surface area contributed by atoms with E-state index in [1.54, 1.807) is 12.1 Å². The van der Waals surface area contributed by atoms with Gasteiger partial charge in [-0.05, 0) is 6.42 Å². The lowest BCUT2D eigenvalue weighted by Gasteiger charge is -2.01. The van der Waals surface area contributed by atoms with Gasteiger partial charge in [0.05, 0.1) is 6.61 Å². The Balaban J connectivity index is 2.28. The van der Waals surface area contributed by atoms with Gasteiger partial charge in [-0.3, -0.25) is 9.59 Å². The van der Waals surface area contributed by atoms with Crippen LogP contribution in [0.15, 0.2) is 30.3 Å². The highest BCUT2D eigenvalue weighted by molar-refractivity contribution is 5.95. The predicted molar refractivity (Wildman–Crippen MR) is 56.6 cm³/mol. The highest BCUT2D eigenvalue weighted by Gasteiger charge is 2.04. The van der Waals surface area contributed by atoms with Crippen molar-refractivity contribution in [1.29, 1.82) is 0 Å². The molecule has 0 aliphatic heterocycles. The smallest absolute Gasteiger partial charge is 0.302 e. The number of benzene rings is 1. The molecule has 0 spiro atoms. The second-order valence-corrected chi connectivity index (χ2v) is 3.23. The molecular formula is C12H14O3. The Hall–Kier alpha value is -1.64. The van der Waals surface area contributed by atoms with Gasteiger partial charge in [-0.1, -0.05) is 30.3 Å². The van der Waals surface area contributed by atoms with E-state index in [1.807, 2.05) is 18.2 Å². The van der Waals surface area contributed by atoms with Gasteiger partial charge in [0, 0.05) is 18.9 Å². The van der Waals surface area contributed by atoms with Gasteiger partial charge in [0.15, 0.2) is 5.78 Å². The van der Waals surface area contributed by atoms with Crippen LogP contribution < -0.4 is 0 Å². The van der Waals surface area contributed by atoms with Crippen LogP contribution in [0.3, 0.4) is 0 Å². The molecule has 0 radical (unpaired) electrons. The molecule has 0 N–H and O–H groups in total. The molecule has 0 aliphatic rings. The van der Waals surface area contributed by atoms with Gasteiger partial charge in [-0.15, -0.1) is 0 Å². The molecule has 0 amide bonds. The Morgan fingerprint density at radius 3 is 2.47 bits per heavy atom. The number of ether oxygens (including phenoxy) is 1. The lowest BCUT2D eigenvalue weighted by Crippen LogP contribution is -2.04. The number of Topliss-reactive ketones (excluding diaryl/α,β-unsaturated/α-hetero) is 1. The third-order valence-electron chi connectivity index (χ3n) is 1.95. The summed E-state index contributed by atoms with van der Waals surface area (Å²) >= 11 is 0. The summed E-state index contributed by atoms with van der Waals surface area (Å²) in [4.78, 5) is 22.0. The van der Waals surface area contributed by atoms with Gasteiger partial charge in [0.25, 0.3) is 0 Å². The molecule has 0 saturated heterocycles. The van der Waals surface area contributed by atoms with Crippen LogP contribution >= 0.6 is 0 Å². The van der Waals surface area contributed by atoms with Gasteiger partial charge >= 0.3 is 5.97 Å². The molecule has 1 aromatic rings. The first kappa shape index (κ1) is 11.4. The molecule has 15 heavy (non-hydrogen) atoms. The number of rotatable bonds is 5. The first-order chi connectivity index (χ1) is 7.20. The fourth-order valence-electron chi connectivity index (χ4n) is 1.22. The van der Waals surface area contributed by atoms with Crippen LogP contribution in [-0.2, 0) is 9.53 Å². The molecule has 0 heterocycles. The van der Waals surface area contributed by atoms with Crippen molar-refractivity contribution in [2.24, 2.45) is 0 Å². The summed E-state index contributed by atoms with van der Waals surface area (Å²) in [7, 11) is 0. The standard InChI is InChI=1S/C12H14O3/c1-10(13)15-9-5-8-12(14)11-6-3-2-4-7-11/h2-4,6-7H,5,8-9H2,1H3. The van der Waals surface area contributed by atoms with E-state index in [2.05, 4.69) is 0 Å². The van der Waals surface area contributed by atoms with Gasteiger partial charge in [-0.2, -0.15) is 0 Å². The number of carbonyl (C=O) groups excluding carboxylic acids is 2. The topological polar surface area (TPSA) is 43.4 Å². The molecular weight excluding hydrogens is 192 g/mol. The maximum atomic E-state index is 11.5. The van der Waals surface area contributed by atoms with Gasteiger partial charge in [0.1, 0.15) is 0 Å². The van der Waals surface area contributed by atoms with Crippen LogP contribution in [0.5, 0.6) is 0 Å². The zero-order valence-corrected chi connectivity index (χ0v) is 8.73. The van der Waals surface area contributed by atoms with Gasteiger partial charge in [-0.25, -0.2) is 0 Å². The molecule has 0 saturated carbocycles. The average Bonchev–Trinajstić information content (AvgIpc) is 2.25. The quantitative estimate of drug-likeness (QED) is 0.421. The molecule has 1 rings (SSSR count). The summed E-state index contributed by atoms with van der Waals surface area (Å²) in [5.74, 6) is -0.218. The number of ketones is 1. The Kier molecular flexibility index (Phi) is 4.54. The third-order valence-corrected chi connectivity index (χ3v) is 1.95. The van der Waals surface area contributed by atoms with Crippen molar-refractivity contribution in [3.05, 3.63) is 35.9 Å². The SMILES string of the molecule is CC(=O)OCCCC(=O)c1ccccc1. The van der Waals surface area contributed by atoms with Gasteiger partial charge in [0.2, 0.25) is 0 Å². The van der Waals surface area contributed by atoms with Gasteiger partial charge < -0.3 is 4.74 Å². The second kappa shape index (κ2) is 5.96. The fourth-order valence-corrected chi connectivity index (χ4v) is 1.22. The van der Waals surface area contributed by atoms with Crippen LogP contribution in [0.2, 0.25) is 0 Å². The molecule has 80 valence electrons. The predicted octanol–water partition coefficient (Wildman–Crippen LogP) is 2.21. The summed E-state index contributed by atoms with van der Waals surface area (Å²) in [6.45, 7) is 1.67. The highest BCUT2D eigenvalue weighted by atomic mass is 16.5. The van der Waals surface area contributed by atoms with Crippen LogP contribution in [0, 0.1) is 0 Å². The summed E-state index contributed by atoms with van der Waals surface area (Å²) in [6.07, 6.45) is 0.991. The Morgan fingerprint density at radius 1 is 1.20 bits per heavy atom. The summed E-state index contributed by atoms with van der Waals surface area (Å²) in [5.41, 5.74) is 0.709. The Morgan fingerprint density at radius 2 is 1.87 bits per heavy atom. The van der Waals surface area contributed by atoms with E-state index >= 15 is 0 Å². The zero-order chi connectivity index (χ0) is 11.1. The van der Waals surface area contributed by atoms with E-state index in [1.165, 1.54) is 6.92 Å². The van der Waals surface area contributed by atoms with Crippen molar-refractivity contribution in [1.82, 2.24) is 0 Å². The minimum absolute atomic E-state index is 0.0859. The van der Waals surface area contributed by atoms with E-state index in [0.29, 0.717) is 25.0 Å². The zero-order valence-electron chi connectivity index (χ0n) is 8.73. The Labute approximate surface area is 89.1 Å². The number of esters is 1. The highest BCUT2D eigenvalue weighted by Crippen LogP contribution is 2.04. The molecule has 0 aliphatic carbocycles. The van der Waals surface area contributed by atoms with Crippen molar-refractivity contribution in [2.75, 3.05) is 6.61 Å². The molecule has 0 fully saturated rings. The minimum Gasteiger partial charge on any atom is -0.466 e. The second-order valence-electron chi connectivity index (χ2n) is 3.23. The van der Waals surface area contributed by atoms with Crippen LogP contribution in [0.25, 0.3) is 0 Å². The molecule has 0 bridgehead atoms. The average molecular weight is 206 g/mol. The van der Waals surface area contributed by atoms with E-state index in [-0.39, 0.29) is 11.8 Å². The van der Waals surface area contributed by atoms with E-state index in [9.17, 15) is 9.59 Å². The largest absolute Gasteiger partial charge is 0.466 e. The maximum absolute atomic E-state index is 11.5. The summed E-state index contributed by atoms with van der Waals surface area (Å²) < 4.78 is 4.74. The van der Waals surface area contributed by atoms with E-state index in [4.69, 9.17) is 4.74 Å². The first-order valence-corrected chi connectivity index (χ1v) is 4.92. The normalized spacial score (nSPS) is 9.67. The number of hydrogen-bond acceptors (Lipinski definition) is 3.